The Bertz CT molecular complexity index is 1500. The van der Waals surface area contributed by atoms with Gasteiger partial charge in [-0.15, -0.1) is 11.3 Å². The summed E-state index contributed by atoms with van der Waals surface area (Å²) in [4.78, 5) is 29.8. The highest BCUT2D eigenvalue weighted by Crippen LogP contribution is 2.31. The summed E-state index contributed by atoms with van der Waals surface area (Å²) in [7, 11) is 0. The van der Waals surface area contributed by atoms with Crippen molar-refractivity contribution in [2.24, 2.45) is 5.41 Å². The molecule has 5 rings (SSSR count). The third kappa shape index (κ3) is 6.45. The van der Waals surface area contributed by atoms with Gasteiger partial charge in [-0.3, -0.25) is 19.1 Å². The van der Waals surface area contributed by atoms with Crippen LogP contribution >= 0.6 is 11.3 Å². The lowest BCUT2D eigenvalue weighted by molar-refractivity contribution is -0.156. The van der Waals surface area contributed by atoms with Crippen molar-refractivity contribution in [2.45, 2.75) is 40.3 Å². The topological polar surface area (TPSA) is 64.0 Å². The molecule has 0 amide bonds. The second-order valence-electron chi connectivity index (χ2n) is 11.1. The Morgan fingerprint density at radius 3 is 2.56 bits per heavy atom. The molecule has 8 heteroatoms. The zero-order valence-corrected chi connectivity index (χ0v) is 23.8. The average Bonchev–Trinajstić information content (AvgIpc) is 3.41. The number of benzene rings is 2. The van der Waals surface area contributed by atoms with E-state index in [1.165, 1.54) is 26.4 Å². The van der Waals surface area contributed by atoms with E-state index in [1.807, 2.05) is 18.2 Å². The van der Waals surface area contributed by atoms with Crippen LogP contribution in [0.25, 0.3) is 21.0 Å². The SMILES string of the molecule is CC(C)(C)C(=O)OCn1c(=O)ccc2ccc(OCCCCN3CCN(c4cccc5sccc45)CC3)cc21. The fourth-order valence-electron chi connectivity index (χ4n) is 4.92. The molecule has 0 spiro atoms. The minimum Gasteiger partial charge on any atom is -0.494 e. The van der Waals surface area contributed by atoms with E-state index in [9.17, 15) is 9.59 Å². The largest absolute Gasteiger partial charge is 0.494 e. The molecule has 1 fully saturated rings. The van der Waals surface area contributed by atoms with Crippen molar-refractivity contribution in [3.05, 3.63) is 70.3 Å². The number of carbonyl (C=O) groups is 1. The van der Waals surface area contributed by atoms with Gasteiger partial charge < -0.3 is 14.4 Å². The first kappa shape index (κ1) is 27.2. The molecule has 1 aliphatic heterocycles. The molecular formula is C31H37N3O4S. The summed E-state index contributed by atoms with van der Waals surface area (Å²) in [6, 6.07) is 17.8. The van der Waals surface area contributed by atoms with Crippen LogP contribution in [-0.2, 0) is 16.3 Å². The van der Waals surface area contributed by atoms with Crippen LogP contribution in [0.15, 0.2) is 64.8 Å². The number of nitrogens with zero attached hydrogens (tertiary/aromatic N) is 3. The molecule has 0 aliphatic carbocycles. The molecule has 1 aliphatic rings. The molecule has 206 valence electrons. The summed E-state index contributed by atoms with van der Waals surface area (Å²) in [5, 5.41) is 4.43. The molecule has 0 bridgehead atoms. The van der Waals surface area contributed by atoms with E-state index in [1.54, 1.807) is 38.2 Å². The maximum atomic E-state index is 12.5. The minimum absolute atomic E-state index is 0.120. The summed E-state index contributed by atoms with van der Waals surface area (Å²) in [6.45, 7) is 11.2. The number of anilines is 1. The smallest absolute Gasteiger partial charge is 0.312 e. The summed E-state index contributed by atoms with van der Waals surface area (Å²) in [5.41, 5.74) is 1.20. The summed E-state index contributed by atoms with van der Waals surface area (Å²) in [6.07, 6.45) is 2.03. The zero-order chi connectivity index (χ0) is 27.4. The van der Waals surface area contributed by atoms with Crippen LogP contribution in [0.4, 0.5) is 5.69 Å². The van der Waals surface area contributed by atoms with Crippen molar-refractivity contribution in [1.29, 1.82) is 0 Å². The molecule has 0 unspecified atom stereocenters. The average molecular weight is 548 g/mol. The molecule has 0 atom stereocenters. The van der Waals surface area contributed by atoms with Gasteiger partial charge in [0.2, 0.25) is 0 Å². The van der Waals surface area contributed by atoms with Crippen molar-refractivity contribution in [2.75, 3.05) is 44.2 Å². The van der Waals surface area contributed by atoms with Gasteiger partial charge in [-0.2, -0.15) is 0 Å². The summed E-state index contributed by atoms with van der Waals surface area (Å²) in [5.74, 6) is 0.361. The van der Waals surface area contributed by atoms with Gasteiger partial charge in [-0.1, -0.05) is 6.07 Å². The first-order chi connectivity index (χ1) is 18.8. The number of aromatic nitrogens is 1. The number of thiophene rings is 1. The standard InChI is InChI=1S/C31H37N3O4S/c1-31(2,3)30(36)38-22-34-27-21-24(11-9-23(27)10-12-29(34)35)37-19-5-4-14-32-15-17-33(18-16-32)26-7-6-8-28-25(26)13-20-39-28/h6-13,20-21H,4-5,14-19,22H2,1-3H3. The second-order valence-corrected chi connectivity index (χ2v) is 12.1. The van der Waals surface area contributed by atoms with E-state index in [4.69, 9.17) is 9.47 Å². The first-order valence-electron chi connectivity index (χ1n) is 13.7. The monoisotopic (exact) mass is 547 g/mol. The molecule has 39 heavy (non-hydrogen) atoms. The van der Waals surface area contributed by atoms with Gasteiger partial charge in [0.05, 0.1) is 17.5 Å². The molecule has 0 saturated carbocycles. The molecule has 0 N–H and O–H groups in total. The minimum atomic E-state index is -0.630. The number of rotatable bonds is 9. The Kier molecular flexibility index (Phi) is 8.23. The van der Waals surface area contributed by atoms with Crippen LogP contribution in [0.3, 0.4) is 0 Å². The van der Waals surface area contributed by atoms with E-state index in [0.717, 1.165) is 51.0 Å². The van der Waals surface area contributed by atoms with Gasteiger partial charge in [-0.05, 0) is 87.3 Å². The van der Waals surface area contributed by atoms with Crippen molar-refractivity contribution in [1.82, 2.24) is 9.47 Å². The van der Waals surface area contributed by atoms with E-state index < -0.39 is 5.41 Å². The van der Waals surface area contributed by atoms with Crippen molar-refractivity contribution in [3.63, 3.8) is 0 Å². The lowest BCUT2D eigenvalue weighted by Gasteiger charge is -2.36. The fraction of sp³-hybridized carbons (Fsp3) is 0.419. The van der Waals surface area contributed by atoms with Crippen molar-refractivity contribution >= 4 is 44.0 Å². The van der Waals surface area contributed by atoms with E-state index in [2.05, 4.69) is 39.4 Å². The van der Waals surface area contributed by atoms with Gasteiger partial charge in [0.1, 0.15) is 5.75 Å². The Morgan fingerprint density at radius 1 is 0.974 bits per heavy atom. The van der Waals surface area contributed by atoms with Gasteiger partial charge in [0.15, 0.2) is 6.73 Å². The quantitative estimate of drug-likeness (QED) is 0.197. The normalized spacial score (nSPS) is 14.7. The molecule has 7 nitrogen and oxygen atoms in total. The summed E-state index contributed by atoms with van der Waals surface area (Å²) >= 11 is 1.80. The van der Waals surface area contributed by atoms with Gasteiger partial charge in [-0.25, -0.2) is 0 Å². The Morgan fingerprint density at radius 2 is 1.77 bits per heavy atom. The molecule has 3 heterocycles. The second kappa shape index (κ2) is 11.8. The van der Waals surface area contributed by atoms with Gasteiger partial charge >= 0.3 is 5.97 Å². The van der Waals surface area contributed by atoms with Gasteiger partial charge in [0, 0.05) is 54.1 Å². The van der Waals surface area contributed by atoms with Crippen LogP contribution in [-0.4, -0.2) is 54.8 Å². The number of carbonyl (C=O) groups excluding carboxylic acids is 1. The predicted octanol–water partition coefficient (Wildman–Crippen LogP) is 5.74. The Hall–Kier alpha value is -3.36. The number of unbranched alkanes of at least 4 members (excludes halogenated alkanes) is 1. The lowest BCUT2D eigenvalue weighted by Crippen LogP contribution is -2.46. The number of hydrogen-bond acceptors (Lipinski definition) is 7. The molecule has 4 aromatic rings. The number of pyridine rings is 1. The highest BCUT2D eigenvalue weighted by atomic mass is 32.1. The van der Waals surface area contributed by atoms with Crippen LogP contribution < -0.4 is 15.2 Å². The highest BCUT2D eigenvalue weighted by Gasteiger charge is 2.23. The number of esters is 1. The van der Waals surface area contributed by atoms with E-state index >= 15 is 0 Å². The molecular weight excluding hydrogens is 510 g/mol. The number of fused-ring (bicyclic) bond motifs is 2. The Balaban J connectivity index is 1.09. The van der Waals surface area contributed by atoms with Gasteiger partial charge in [0.25, 0.3) is 5.56 Å². The third-order valence-electron chi connectivity index (χ3n) is 7.22. The van der Waals surface area contributed by atoms with E-state index in [0.29, 0.717) is 17.9 Å². The number of hydrogen-bond donors (Lipinski definition) is 0. The maximum Gasteiger partial charge on any atom is 0.312 e. The lowest BCUT2D eigenvalue weighted by atomic mass is 9.98. The fourth-order valence-corrected chi connectivity index (χ4v) is 5.73. The predicted molar refractivity (Wildman–Crippen MR) is 159 cm³/mol. The number of piperazine rings is 1. The first-order valence-corrected chi connectivity index (χ1v) is 14.5. The van der Waals surface area contributed by atoms with Crippen LogP contribution in [0.1, 0.15) is 33.6 Å². The molecule has 2 aromatic heterocycles. The Labute approximate surface area is 233 Å². The van der Waals surface area contributed by atoms with Crippen molar-refractivity contribution in [3.8, 4) is 5.75 Å². The van der Waals surface area contributed by atoms with Crippen molar-refractivity contribution < 1.29 is 14.3 Å². The number of ether oxygens (including phenoxy) is 2. The molecule has 0 radical (unpaired) electrons. The molecule has 2 aromatic carbocycles. The van der Waals surface area contributed by atoms with E-state index in [-0.39, 0.29) is 18.3 Å². The summed E-state index contributed by atoms with van der Waals surface area (Å²) < 4.78 is 14.3. The third-order valence-corrected chi connectivity index (χ3v) is 8.11. The maximum absolute atomic E-state index is 12.5. The van der Waals surface area contributed by atoms with Crippen LogP contribution in [0.2, 0.25) is 0 Å². The molecule has 1 saturated heterocycles. The van der Waals surface area contributed by atoms with Crippen LogP contribution in [0.5, 0.6) is 5.75 Å². The van der Waals surface area contributed by atoms with Crippen LogP contribution in [0, 0.1) is 5.41 Å². The zero-order valence-electron chi connectivity index (χ0n) is 23.0. The highest BCUT2D eigenvalue weighted by molar-refractivity contribution is 7.17.